The van der Waals surface area contributed by atoms with Crippen LogP contribution in [-0.2, 0) is 33.3 Å². The molecule has 0 bridgehead atoms. The van der Waals surface area contributed by atoms with Crippen molar-refractivity contribution in [3.8, 4) is 0 Å². The Morgan fingerprint density at radius 1 is 1.06 bits per heavy atom. The molecule has 0 radical (unpaired) electrons. The maximum Gasteiger partial charge on any atom is 0.418 e. The smallest absolute Gasteiger partial charge is 0.368 e. The van der Waals surface area contributed by atoms with Gasteiger partial charge in [0.1, 0.15) is 6.10 Å². The topological polar surface area (TPSA) is 67.4 Å². The Labute approximate surface area is 179 Å². The van der Waals surface area contributed by atoms with Gasteiger partial charge in [-0.15, -0.1) is 0 Å². The zero-order valence-electron chi connectivity index (χ0n) is 17.2. The van der Waals surface area contributed by atoms with Crippen molar-refractivity contribution in [1.82, 2.24) is 0 Å². The maximum atomic E-state index is 13.6. The van der Waals surface area contributed by atoms with E-state index < -0.39 is 29.7 Å². The van der Waals surface area contributed by atoms with Crippen molar-refractivity contribution in [3.05, 3.63) is 59.2 Å². The minimum atomic E-state index is -4.69. The van der Waals surface area contributed by atoms with Crippen LogP contribution in [0.15, 0.2) is 42.5 Å². The predicted octanol–water partition coefficient (Wildman–Crippen LogP) is 4.96. The fourth-order valence-corrected chi connectivity index (χ4v) is 3.38. The Morgan fingerprint density at radius 3 is 2.39 bits per heavy atom. The number of anilines is 2. The van der Waals surface area contributed by atoms with Gasteiger partial charge in [-0.3, -0.25) is 9.59 Å². The third-order valence-electron chi connectivity index (χ3n) is 5.16. The van der Waals surface area contributed by atoms with Crippen LogP contribution in [0.5, 0.6) is 0 Å². The summed E-state index contributed by atoms with van der Waals surface area (Å²) in [7, 11) is 0. The van der Waals surface area contributed by atoms with E-state index in [9.17, 15) is 22.8 Å². The lowest BCUT2D eigenvalue weighted by Gasteiger charge is -2.17. The highest BCUT2D eigenvalue weighted by Crippen LogP contribution is 2.37. The Bertz CT molecular complexity index is 921. The number of hydrogen-bond acceptors (Lipinski definition) is 3. The molecular weight excluding hydrogens is 409 g/mol. The minimum Gasteiger partial charge on any atom is -0.368 e. The number of ether oxygens (including phenoxy) is 1. The van der Waals surface area contributed by atoms with Crippen molar-refractivity contribution in [3.63, 3.8) is 0 Å². The molecule has 0 saturated carbocycles. The van der Waals surface area contributed by atoms with Crippen LogP contribution in [0.3, 0.4) is 0 Å². The monoisotopic (exact) mass is 434 g/mol. The number of carbonyl (C=O) groups excluding carboxylic acids is 2. The van der Waals surface area contributed by atoms with Crippen LogP contribution >= 0.6 is 0 Å². The van der Waals surface area contributed by atoms with Crippen LogP contribution in [0.1, 0.15) is 42.9 Å². The largest absolute Gasteiger partial charge is 0.418 e. The number of benzene rings is 2. The van der Waals surface area contributed by atoms with Crippen LogP contribution in [0, 0.1) is 0 Å². The summed E-state index contributed by atoms with van der Waals surface area (Å²) in [5, 5.41) is 4.81. The number of carbonyl (C=O) groups is 2. The van der Waals surface area contributed by atoms with Crippen LogP contribution in [0.25, 0.3) is 0 Å². The van der Waals surface area contributed by atoms with E-state index in [1.165, 1.54) is 11.6 Å². The van der Waals surface area contributed by atoms with E-state index in [1.807, 2.05) is 31.2 Å². The summed E-state index contributed by atoms with van der Waals surface area (Å²) < 4.78 is 45.9. The number of aryl methyl sites for hydroxylation is 2. The molecule has 1 atom stereocenters. The first-order valence-electron chi connectivity index (χ1n) is 10.3. The molecule has 2 aromatic rings. The Balaban J connectivity index is 1.66. The molecule has 5 nitrogen and oxygen atoms in total. The van der Waals surface area contributed by atoms with Gasteiger partial charge in [-0.1, -0.05) is 31.2 Å². The van der Waals surface area contributed by atoms with E-state index in [4.69, 9.17) is 4.74 Å². The molecule has 1 unspecified atom stereocenters. The first kappa shape index (κ1) is 22.8. The lowest BCUT2D eigenvalue weighted by Crippen LogP contribution is -2.27. The molecule has 1 aliphatic heterocycles. The lowest BCUT2D eigenvalue weighted by molar-refractivity contribution is -0.137. The molecule has 0 spiro atoms. The first-order valence-corrected chi connectivity index (χ1v) is 10.3. The van der Waals surface area contributed by atoms with Gasteiger partial charge >= 0.3 is 6.18 Å². The molecule has 2 aromatic carbocycles. The van der Waals surface area contributed by atoms with E-state index in [0.29, 0.717) is 19.4 Å². The molecule has 3 rings (SSSR count). The number of hydrogen-bond donors (Lipinski definition) is 2. The Kier molecular flexibility index (Phi) is 7.33. The first-order chi connectivity index (χ1) is 14.8. The van der Waals surface area contributed by atoms with Gasteiger partial charge in [-0.2, -0.15) is 13.2 Å². The molecule has 0 aliphatic carbocycles. The number of rotatable bonds is 7. The highest BCUT2D eigenvalue weighted by atomic mass is 19.4. The van der Waals surface area contributed by atoms with Gasteiger partial charge in [-0.05, 0) is 55.0 Å². The fourth-order valence-electron chi connectivity index (χ4n) is 3.38. The molecule has 1 heterocycles. The van der Waals surface area contributed by atoms with E-state index in [-0.39, 0.29) is 17.8 Å². The van der Waals surface area contributed by atoms with Crippen LogP contribution in [0.2, 0.25) is 0 Å². The third kappa shape index (κ3) is 6.30. The average molecular weight is 434 g/mol. The molecule has 166 valence electrons. The van der Waals surface area contributed by atoms with Gasteiger partial charge in [0, 0.05) is 18.7 Å². The van der Waals surface area contributed by atoms with Gasteiger partial charge in [0.25, 0.3) is 5.91 Å². The van der Waals surface area contributed by atoms with Crippen LogP contribution in [-0.4, -0.2) is 24.5 Å². The highest BCUT2D eigenvalue weighted by Gasteiger charge is 2.34. The zero-order chi connectivity index (χ0) is 22.4. The van der Waals surface area contributed by atoms with Crippen molar-refractivity contribution >= 4 is 23.2 Å². The van der Waals surface area contributed by atoms with Crippen molar-refractivity contribution in [2.24, 2.45) is 0 Å². The second kappa shape index (κ2) is 9.96. The summed E-state index contributed by atoms with van der Waals surface area (Å²) in [5.74, 6) is -0.988. The lowest BCUT2D eigenvalue weighted by atomic mass is 10.1. The standard InChI is InChI=1S/C23H25F3N2O3/c1-2-15-5-7-16(8-6-15)9-12-21(29)28-19-11-10-17(14-18(19)23(24,25)26)27-22(30)20-4-3-13-31-20/h5-8,10-11,14,20H,2-4,9,12-13H2,1H3,(H,27,30)(H,28,29). The summed E-state index contributed by atoms with van der Waals surface area (Å²) >= 11 is 0. The van der Waals surface area contributed by atoms with Crippen LogP contribution in [0.4, 0.5) is 24.5 Å². The Morgan fingerprint density at radius 2 is 1.77 bits per heavy atom. The van der Waals surface area contributed by atoms with Crippen molar-refractivity contribution in [2.75, 3.05) is 17.2 Å². The summed E-state index contributed by atoms with van der Waals surface area (Å²) in [6, 6.07) is 11.1. The summed E-state index contributed by atoms with van der Waals surface area (Å²) in [6.07, 6.45) is -2.69. The predicted molar refractivity (Wildman–Crippen MR) is 112 cm³/mol. The van der Waals surface area contributed by atoms with Crippen LogP contribution < -0.4 is 10.6 Å². The molecule has 1 aliphatic rings. The second-order valence-corrected chi connectivity index (χ2v) is 7.47. The van der Waals surface area contributed by atoms with Gasteiger partial charge in [0.2, 0.25) is 5.91 Å². The van der Waals surface area contributed by atoms with Gasteiger partial charge in [-0.25, -0.2) is 0 Å². The SMILES string of the molecule is CCc1ccc(CCC(=O)Nc2ccc(NC(=O)C3CCCO3)cc2C(F)(F)F)cc1. The fraction of sp³-hybridized carbons (Fsp3) is 0.391. The number of halogens is 3. The van der Waals surface area contributed by atoms with E-state index in [1.54, 1.807) is 0 Å². The number of nitrogens with one attached hydrogen (secondary N) is 2. The van der Waals surface area contributed by atoms with Crippen molar-refractivity contribution in [1.29, 1.82) is 0 Å². The van der Waals surface area contributed by atoms with E-state index in [0.717, 1.165) is 30.5 Å². The van der Waals surface area contributed by atoms with E-state index in [2.05, 4.69) is 10.6 Å². The van der Waals surface area contributed by atoms with Crippen molar-refractivity contribution < 1.29 is 27.5 Å². The summed E-state index contributed by atoms with van der Waals surface area (Å²) in [5.41, 5.74) is 0.763. The highest BCUT2D eigenvalue weighted by molar-refractivity contribution is 5.96. The van der Waals surface area contributed by atoms with Gasteiger partial charge < -0.3 is 15.4 Å². The summed E-state index contributed by atoms with van der Waals surface area (Å²) in [4.78, 5) is 24.4. The quantitative estimate of drug-likeness (QED) is 0.648. The van der Waals surface area contributed by atoms with Gasteiger partial charge in [0.05, 0.1) is 11.3 Å². The average Bonchev–Trinajstić information content (AvgIpc) is 3.28. The van der Waals surface area contributed by atoms with Crippen molar-refractivity contribution in [2.45, 2.75) is 51.3 Å². The number of alkyl halides is 3. The normalized spacial score (nSPS) is 16.2. The molecular formula is C23H25F3N2O3. The molecule has 1 fully saturated rings. The van der Waals surface area contributed by atoms with Gasteiger partial charge in [0.15, 0.2) is 0 Å². The second-order valence-electron chi connectivity index (χ2n) is 7.47. The third-order valence-corrected chi connectivity index (χ3v) is 5.16. The molecule has 1 saturated heterocycles. The molecule has 8 heteroatoms. The number of amides is 2. The zero-order valence-corrected chi connectivity index (χ0v) is 17.2. The molecule has 31 heavy (non-hydrogen) atoms. The van der Waals surface area contributed by atoms with E-state index >= 15 is 0 Å². The Hall–Kier alpha value is -2.87. The molecule has 2 N–H and O–H groups in total. The summed E-state index contributed by atoms with van der Waals surface area (Å²) in [6.45, 7) is 2.50. The maximum absolute atomic E-state index is 13.6. The molecule has 0 aromatic heterocycles. The molecule has 2 amide bonds. The minimum absolute atomic E-state index is 0.00170.